The minimum atomic E-state index is -0.668. The van der Waals surface area contributed by atoms with E-state index >= 15 is 0 Å². The molecule has 0 aromatic carbocycles. The fourth-order valence-electron chi connectivity index (χ4n) is 11.2. The lowest BCUT2D eigenvalue weighted by Crippen LogP contribution is -2.45. The Morgan fingerprint density at radius 1 is 0.354 bits per heavy atom. The molecular weight excluding hydrogens is 971 g/mol. The van der Waals surface area contributed by atoms with Gasteiger partial charge in [-0.05, 0) is 83.5 Å². The molecule has 0 aromatic heterocycles. The summed E-state index contributed by atoms with van der Waals surface area (Å²) in [4.78, 5) is 24.6. The Labute approximate surface area is 494 Å². The second-order valence-corrected chi connectivity index (χ2v) is 24.6. The predicted octanol–water partition coefficient (Wildman–Crippen LogP) is 23.1. The molecule has 0 aromatic rings. The number of hydrogen-bond acceptors (Lipinski definition) is 5. The number of amides is 1. The molecule has 0 saturated carbocycles. The zero-order valence-electron chi connectivity index (χ0n) is 53.4. The third-order valence-corrected chi connectivity index (χ3v) is 16.7. The molecule has 79 heavy (non-hydrogen) atoms. The molecule has 0 heterocycles. The number of rotatable bonds is 67. The van der Waals surface area contributed by atoms with Gasteiger partial charge in [0.15, 0.2) is 0 Å². The second-order valence-electron chi connectivity index (χ2n) is 24.6. The van der Waals surface area contributed by atoms with Crippen LogP contribution in [0.5, 0.6) is 0 Å². The number of hydrogen-bond donors (Lipinski definition) is 3. The zero-order valence-corrected chi connectivity index (χ0v) is 53.4. The van der Waals surface area contributed by atoms with Crippen LogP contribution in [0.25, 0.3) is 0 Å². The first-order valence-electron chi connectivity index (χ1n) is 35.7. The first-order chi connectivity index (χ1) is 39.0. The molecular formula is C73H139NO5. The van der Waals surface area contributed by atoms with Gasteiger partial charge in [-0.15, -0.1) is 0 Å². The van der Waals surface area contributed by atoms with Crippen molar-refractivity contribution in [3.05, 3.63) is 36.5 Å². The maximum atomic E-state index is 12.5. The highest BCUT2D eigenvalue weighted by Gasteiger charge is 2.20. The average Bonchev–Trinajstić information content (AvgIpc) is 3.45. The summed E-state index contributed by atoms with van der Waals surface area (Å²) in [5.41, 5.74) is 0. The lowest BCUT2D eigenvalue weighted by molar-refractivity contribution is -0.143. The smallest absolute Gasteiger partial charge is 0.305 e. The van der Waals surface area contributed by atoms with Crippen molar-refractivity contribution >= 4 is 11.9 Å². The van der Waals surface area contributed by atoms with E-state index in [1.807, 2.05) is 0 Å². The SMILES string of the molecule is CCCCCC/C=C\CCCCCCCC(=O)OCCCCCCCCCCC/C=C\C/C=C\CCCCCCCCCCCCCC(=O)NC(CO)C(O)CCCCCCCCCCCCCCCCCCCCCCCC. The molecule has 0 aliphatic heterocycles. The highest BCUT2D eigenvalue weighted by Crippen LogP contribution is 2.19. The molecule has 3 N–H and O–H groups in total. The van der Waals surface area contributed by atoms with E-state index in [9.17, 15) is 19.8 Å². The van der Waals surface area contributed by atoms with Crippen LogP contribution in [0.1, 0.15) is 393 Å². The second kappa shape index (κ2) is 68.6. The van der Waals surface area contributed by atoms with Gasteiger partial charge in [0.05, 0.1) is 25.4 Å². The molecule has 6 heteroatoms. The van der Waals surface area contributed by atoms with E-state index < -0.39 is 12.1 Å². The lowest BCUT2D eigenvalue weighted by atomic mass is 10.0. The summed E-state index contributed by atoms with van der Waals surface area (Å²) in [6, 6.07) is -0.545. The Kier molecular flexibility index (Phi) is 66.9. The summed E-state index contributed by atoms with van der Waals surface area (Å²) < 4.78 is 5.47. The van der Waals surface area contributed by atoms with E-state index in [0.717, 1.165) is 51.4 Å². The van der Waals surface area contributed by atoms with E-state index in [4.69, 9.17) is 4.74 Å². The first-order valence-corrected chi connectivity index (χ1v) is 35.7. The van der Waals surface area contributed by atoms with Gasteiger partial charge in [0.2, 0.25) is 5.91 Å². The number of carbonyl (C=O) groups is 2. The molecule has 0 fully saturated rings. The topological polar surface area (TPSA) is 95.9 Å². The van der Waals surface area contributed by atoms with Gasteiger partial charge in [0.25, 0.3) is 0 Å². The average molecular weight is 1110 g/mol. The number of carbonyl (C=O) groups excluding carboxylic acids is 2. The van der Waals surface area contributed by atoms with Crippen LogP contribution in [0.2, 0.25) is 0 Å². The Bertz CT molecular complexity index is 1280. The van der Waals surface area contributed by atoms with Gasteiger partial charge in [-0.25, -0.2) is 0 Å². The summed E-state index contributed by atoms with van der Waals surface area (Å²) in [6.07, 6.45) is 87.6. The van der Waals surface area contributed by atoms with Gasteiger partial charge in [-0.3, -0.25) is 9.59 Å². The zero-order chi connectivity index (χ0) is 57.1. The molecule has 1 amide bonds. The van der Waals surface area contributed by atoms with Crippen molar-refractivity contribution in [2.75, 3.05) is 13.2 Å². The number of esters is 1. The van der Waals surface area contributed by atoms with Crippen molar-refractivity contribution in [1.82, 2.24) is 5.32 Å². The Morgan fingerprint density at radius 3 is 0.987 bits per heavy atom. The quantitative estimate of drug-likeness (QED) is 0.0320. The van der Waals surface area contributed by atoms with Crippen LogP contribution in [-0.4, -0.2) is 47.4 Å². The molecule has 0 spiro atoms. The summed E-state index contributed by atoms with van der Waals surface area (Å²) in [7, 11) is 0. The molecule has 0 bridgehead atoms. The van der Waals surface area contributed by atoms with E-state index in [1.165, 1.54) is 308 Å². The maximum Gasteiger partial charge on any atom is 0.305 e. The number of aliphatic hydroxyl groups excluding tert-OH is 2. The van der Waals surface area contributed by atoms with Crippen molar-refractivity contribution in [2.45, 2.75) is 405 Å². The van der Waals surface area contributed by atoms with Gasteiger partial charge >= 0.3 is 5.97 Å². The van der Waals surface area contributed by atoms with Gasteiger partial charge in [-0.1, -0.05) is 333 Å². The number of ether oxygens (including phenoxy) is 1. The summed E-state index contributed by atoms with van der Waals surface area (Å²) >= 11 is 0. The van der Waals surface area contributed by atoms with Gasteiger partial charge < -0.3 is 20.3 Å². The molecule has 2 unspecified atom stereocenters. The van der Waals surface area contributed by atoms with Gasteiger partial charge in [-0.2, -0.15) is 0 Å². The fourth-order valence-corrected chi connectivity index (χ4v) is 11.2. The van der Waals surface area contributed by atoms with Crippen molar-refractivity contribution in [2.24, 2.45) is 0 Å². The molecule has 0 rings (SSSR count). The normalized spacial score (nSPS) is 12.7. The highest BCUT2D eigenvalue weighted by molar-refractivity contribution is 5.76. The van der Waals surface area contributed by atoms with Gasteiger partial charge in [0.1, 0.15) is 0 Å². The van der Waals surface area contributed by atoms with E-state index in [0.29, 0.717) is 25.9 Å². The van der Waals surface area contributed by atoms with Crippen LogP contribution < -0.4 is 5.32 Å². The first kappa shape index (κ1) is 77.1. The standard InChI is InChI=1S/C73H139NO5/c1-3-5-7-9-11-13-15-17-18-19-20-21-29-32-35-38-42-45-49-53-57-61-65-71(76)70(69-75)74-72(77)66-62-58-54-50-46-43-39-36-33-30-27-25-23-22-24-26-28-31-34-37-40-44-48-52-56-60-64-68-79-73(78)67-63-59-55-51-47-41-16-14-12-10-8-6-4-2/h14,16,22-23,26,28,70-71,75-76H,3-13,15,17-21,24-25,27,29-69H2,1-2H3,(H,74,77)/b16-14-,23-22-,28-26-. The largest absolute Gasteiger partial charge is 0.466 e. The third-order valence-electron chi connectivity index (χ3n) is 16.7. The van der Waals surface area contributed by atoms with Crippen LogP contribution in [0, 0.1) is 0 Å². The minimum absolute atomic E-state index is 0.00185. The maximum absolute atomic E-state index is 12.5. The molecule has 0 saturated heterocycles. The minimum Gasteiger partial charge on any atom is -0.466 e. The Morgan fingerprint density at radius 2 is 0.633 bits per heavy atom. The molecule has 6 nitrogen and oxygen atoms in total. The highest BCUT2D eigenvalue weighted by atomic mass is 16.5. The van der Waals surface area contributed by atoms with Crippen LogP contribution in [0.3, 0.4) is 0 Å². The molecule has 0 aliphatic carbocycles. The van der Waals surface area contributed by atoms with Crippen molar-refractivity contribution in [1.29, 1.82) is 0 Å². The molecule has 0 aliphatic rings. The summed E-state index contributed by atoms with van der Waals surface area (Å²) in [6.45, 7) is 4.96. The van der Waals surface area contributed by atoms with Crippen LogP contribution in [0.15, 0.2) is 36.5 Å². The number of aliphatic hydroxyl groups is 2. The molecule has 2 atom stereocenters. The Balaban J connectivity index is 3.42. The van der Waals surface area contributed by atoms with Crippen LogP contribution >= 0.6 is 0 Å². The van der Waals surface area contributed by atoms with E-state index in [1.54, 1.807) is 0 Å². The summed E-state index contributed by atoms with van der Waals surface area (Å²) in [5, 5.41) is 23.4. The van der Waals surface area contributed by atoms with Crippen molar-refractivity contribution in [3.63, 3.8) is 0 Å². The third kappa shape index (κ3) is 65.1. The number of unbranched alkanes of at least 4 members (excludes halogenated alkanes) is 50. The van der Waals surface area contributed by atoms with Crippen molar-refractivity contribution in [3.8, 4) is 0 Å². The van der Waals surface area contributed by atoms with Crippen LogP contribution in [-0.2, 0) is 14.3 Å². The van der Waals surface area contributed by atoms with Gasteiger partial charge in [0, 0.05) is 12.8 Å². The predicted molar refractivity (Wildman–Crippen MR) is 347 cm³/mol. The van der Waals surface area contributed by atoms with Crippen LogP contribution in [0.4, 0.5) is 0 Å². The molecule has 466 valence electrons. The molecule has 0 radical (unpaired) electrons. The van der Waals surface area contributed by atoms with E-state index in [2.05, 4.69) is 55.6 Å². The summed E-state index contributed by atoms with van der Waals surface area (Å²) in [5.74, 6) is -0.0322. The Hall–Kier alpha value is -1.92. The van der Waals surface area contributed by atoms with Crippen molar-refractivity contribution < 1.29 is 24.5 Å². The monoisotopic (exact) mass is 1110 g/mol. The fraction of sp³-hybridized carbons (Fsp3) is 0.890. The lowest BCUT2D eigenvalue weighted by Gasteiger charge is -2.22. The van der Waals surface area contributed by atoms with E-state index in [-0.39, 0.29) is 18.5 Å². The number of nitrogens with one attached hydrogen (secondary N) is 1. The number of allylic oxidation sites excluding steroid dienone is 6.